The minimum atomic E-state index is -3.63. The van der Waals surface area contributed by atoms with Gasteiger partial charge >= 0.3 is 0 Å². The maximum atomic E-state index is 10.3. The average Bonchev–Trinajstić information content (AvgIpc) is 1.14. The van der Waals surface area contributed by atoms with E-state index in [4.69, 9.17) is 4.89 Å². The molecule has 0 bridgehead atoms. The lowest BCUT2D eigenvalue weighted by Crippen LogP contribution is -2.17. The topological polar surface area (TPSA) is 83.5 Å². The quantitative estimate of drug-likeness (QED) is 0.543. The first-order valence-electron chi connectivity index (χ1n) is 2.00. The van der Waals surface area contributed by atoms with Crippen molar-refractivity contribution in [2.24, 2.45) is 0 Å². The van der Waals surface area contributed by atoms with E-state index in [1.165, 1.54) is 0 Å². The first-order valence-corrected chi connectivity index (χ1v) is 6.00. The molecule has 1 unspecified atom stereocenters. The van der Waals surface area contributed by atoms with Gasteiger partial charge < -0.3 is 4.89 Å². The smallest absolute Gasteiger partial charge is 0.277 e. The van der Waals surface area contributed by atoms with Crippen LogP contribution >= 0.6 is 7.52 Å². The highest BCUT2D eigenvalue weighted by molar-refractivity contribution is 7.94. The Morgan fingerprint density at radius 3 is 1.89 bits per heavy atom. The monoisotopic (exact) mass is 173 g/mol. The molecule has 0 aromatic heterocycles. The zero-order valence-corrected chi connectivity index (χ0v) is 6.74. The third-order valence-corrected chi connectivity index (χ3v) is 3.02. The summed E-state index contributed by atoms with van der Waals surface area (Å²) in [5.74, 6) is 0. The number of nitrogens with one attached hydrogen (secondary N) is 1. The molecule has 0 aliphatic heterocycles. The van der Waals surface area contributed by atoms with Crippen LogP contribution in [0.15, 0.2) is 0 Å². The molecular weight excluding hydrogens is 165 g/mol. The highest BCUT2D eigenvalue weighted by Gasteiger charge is 2.14. The second-order valence-electron chi connectivity index (χ2n) is 1.74. The summed E-state index contributed by atoms with van der Waals surface area (Å²) in [5.41, 5.74) is 0. The third kappa shape index (κ3) is 8.10. The molecule has 0 saturated heterocycles. The van der Waals surface area contributed by atoms with Gasteiger partial charge in [0.05, 0.1) is 6.26 Å². The molecule has 0 spiro atoms. The van der Waals surface area contributed by atoms with Gasteiger partial charge in [-0.1, -0.05) is 0 Å². The van der Waals surface area contributed by atoms with Crippen LogP contribution in [-0.2, 0) is 14.6 Å². The highest BCUT2D eigenvalue weighted by Crippen LogP contribution is 2.29. The summed E-state index contributed by atoms with van der Waals surface area (Å²) in [6.45, 7) is 0.911. The zero-order valence-electron chi connectivity index (χ0n) is 5.03. The third-order valence-electron chi connectivity index (χ3n) is 0.335. The van der Waals surface area contributed by atoms with Gasteiger partial charge in [0.25, 0.3) is 7.52 Å². The zero-order chi connectivity index (χ0) is 7.71. The summed E-state index contributed by atoms with van der Waals surface area (Å²) < 4.78 is 32.2. The van der Waals surface area contributed by atoms with E-state index in [0.717, 1.165) is 12.9 Å². The van der Waals surface area contributed by atoms with Crippen molar-refractivity contribution in [2.45, 2.75) is 0 Å². The first-order chi connectivity index (χ1) is 3.71. The maximum Gasteiger partial charge on any atom is 0.277 e. The van der Waals surface area contributed by atoms with Crippen molar-refractivity contribution in [1.29, 1.82) is 0 Å². The van der Waals surface area contributed by atoms with Gasteiger partial charge in [0.1, 0.15) is 0 Å². The second-order valence-corrected chi connectivity index (χ2v) is 5.78. The van der Waals surface area contributed by atoms with Crippen molar-refractivity contribution in [3.05, 3.63) is 0 Å². The first kappa shape index (κ1) is 9.10. The van der Waals surface area contributed by atoms with Crippen molar-refractivity contribution in [2.75, 3.05) is 12.9 Å². The minimum absolute atomic E-state index is 0.819. The van der Waals surface area contributed by atoms with Crippen LogP contribution in [0, 0.1) is 0 Å². The van der Waals surface area contributed by atoms with Crippen LogP contribution < -0.4 is 4.49 Å². The molecule has 1 atom stereocenters. The van der Waals surface area contributed by atoms with Crippen LogP contribution in [0.5, 0.6) is 0 Å². The summed E-state index contributed by atoms with van der Waals surface area (Å²) in [7, 11) is -7.17. The Hall–Kier alpha value is 0.1000. The van der Waals surface area contributed by atoms with E-state index in [1.807, 2.05) is 0 Å². The molecule has 56 valence electrons. The fourth-order valence-electron chi connectivity index (χ4n) is 0.308. The van der Waals surface area contributed by atoms with Gasteiger partial charge in [-0.05, 0) is 0 Å². The highest BCUT2D eigenvalue weighted by atomic mass is 32.2. The summed E-state index contributed by atoms with van der Waals surface area (Å²) >= 11 is 0. The van der Waals surface area contributed by atoms with E-state index >= 15 is 0 Å². The predicted molar refractivity (Wildman–Crippen MR) is 33.7 cm³/mol. The SMILES string of the molecule is CP(=O)(O)NS(C)(=O)=O. The predicted octanol–water partition coefficient (Wildman–Crippen LogP) is -0.649. The van der Waals surface area contributed by atoms with Crippen LogP contribution in [0.4, 0.5) is 0 Å². The van der Waals surface area contributed by atoms with Crippen LogP contribution in [0.3, 0.4) is 0 Å². The van der Waals surface area contributed by atoms with Gasteiger partial charge in [-0.15, -0.1) is 4.49 Å². The molecule has 0 saturated carbocycles. The molecule has 9 heavy (non-hydrogen) atoms. The van der Waals surface area contributed by atoms with E-state index < -0.39 is 17.5 Å². The lowest BCUT2D eigenvalue weighted by atomic mass is 12.0. The van der Waals surface area contributed by atoms with Crippen LogP contribution in [-0.4, -0.2) is 26.2 Å². The maximum absolute atomic E-state index is 10.3. The number of sulfonamides is 1. The van der Waals surface area contributed by atoms with Gasteiger partial charge in [0, 0.05) is 6.66 Å². The summed E-state index contributed by atoms with van der Waals surface area (Å²) in [5, 5.41) is 0. The molecule has 0 aliphatic rings. The molecule has 0 fully saturated rings. The van der Waals surface area contributed by atoms with E-state index in [-0.39, 0.29) is 0 Å². The van der Waals surface area contributed by atoms with Crippen LogP contribution in [0.1, 0.15) is 0 Å². The number of hydrogen-bond acceptors (Lipinski definition) is 3. The molecular formula is C2H8NO4PS. The Kier molecular flexibility index (Phi) is 2.41. The molecule has 0 radical (unpaired) electrons. The molecule has 0 heterocycles. The Bertz CT molecular complexity index is 225. The Labute approximate surface area is 53.6 Å². The van der Waals surface area contributed by atoms with Gasteiger partial charge in [0.15, 0.2) is 0 Å². The standard InChI is InChI=1S/C2H8NO4PS/c1-8(4,5)3-9(2,6)7/h1-2H3,(H2,3,4,5). The molecule has 5 nitrogen and oxygen atoms in total. The number of rotatable bonds is 2. The molecule has 7 heteroatoms. The van der Waals surface area contributed by atoms with Gasteiger partial charge in [-0.2, -0.15) is 0 Å². The van der Waals surface area contributed by atoms with E-state index in [0.29, 0.717) is 0 Å². The van der Waals surface area contributed by atoms with E-state index in [9.17, 15) is 13.0 Å². The van der Waals surface area contributed by atoms with Crippen molar-refractivity contribution in [1.82, 2.24) is 4.49 Å². The summed E-state index contributed by atoms with van der Waals surface area (Å²) in [4.78, 5) is 8.42. The lowest BCUT2D eigenvalue weighted by molar-refractivity contribution is 0.479. The van der Waals surface area contributed by atoms with E-state index in [2.05, 4.69) is 0 Å². The molecule has 0 aromatic carbocycles. The number of hydrogen-bond donors (Lipinski definition) is 2. The fourth-order valence-corrected chi connectivity index (χ4v) is 2.77. The summed E-state index contributed by atoms with van der Waals surface area (Å²) in [6, 6.07) is 0. The normalized spacial score (nSPS) is 19.0. The summed E-state index contributed by atoms with van der Waals surface area (Å²) in [6.07, 6.45) is 0.819. The van der Waals surface area contributed by atoms with Gasteiger partial charge in [-0.25, -0.2) is 8.42 Å². The van der Waals surface area contributed by atoms with Crippen molar-refractivity contribution in [3.8, 4) is 0 Å². The van der Waals surface area contributed by atoms with Gasteiger partial charge in [0.2, 0.25) is 10.0 Å². The molecule has 0 aliphatic carbocycles. The van der Waals surface area contributed by atoms with Crippen molar-refractivity contribution in [3.63, 3.8) is 0 Å². The Balaban J connectivity index is 4.26. The molecule has 0 rings (SSSR count). The second kappa shape index (κ2) is 2.38. The van der Waals surface area contributed by atoms with Crippen LogP contribution in [0.25, 0.3) is 0 Å². The minimum Gasteiger partial charge on any atom is -0.333 e. The lowest BCUT2D eigenvalue weighted by Gasteiger charge is -2.03. The van der Waals surface area contributed by atoms with Crippen molar-refractivity contribution >= 4 is 17.5 Å². The fraction of sp³-hybridized carbons (Fsp3) is 1.00. The Morgan fingerprint density at radius 1 is 1.56 bits per heavy atom. The van der Waals surface area contributed by atoms with Gasteiger partial charge in [-0.3, -0.25) is 4.57 Å². The Morgan fingerprint density at radius 2 is 1.89 bits per heavy atom. The average molecular weight is 173 g/mol. The largest absolute Gasteiger partial charge is 0.333 e. The van der Waals surface area contributed by atoms with Crippen molar-refractivity contribution < 1.29 is 17.9 Å². The molecule has 0 amide bonds. The van der Waals surface area contributed by atoms with E-state index in [1.54, 1.807) is 4.49 Å². The van der Waals surface area contributed by atoms with Crippen LogP contribution in [0.2, 0.25) is 0 Å². The molecule has 2 N–H and O–H groups in total. The molecule has 0 aromatic rings.